The van der Waals surface area contributed by atoms with Crippen molar-refractivity contribution in [3.8, 4) is 5.75 Å². The van der Waals surface area contributed by atoms with Gasteiger partial charge in [-0.25, -0.2) is 0 Å². The van der Waals surface area contributed by atoms with Gasteiger partial charge in [-0.2, -0.15) is 0 Å². The van der Waals surface area contributed by atoms with E-state index in [1.54, 1.807) is 0 Å². The van der Waals surface area contributed by atoms with E-state index in [0.29, 0.717) is 0 Å². The van der Waals surface area contributed by atoms with E-state index < -0.39 is 0 Å². The molecule has 0 N–H and O–H groups in total. The van der Waals surface area contributed by atoms with E-state index in [1.165, 1.54) is 31.2 Å². The molecule has 0 aliphatic heterocycles. The van der Waals surface area contributed by atoms with Crippen LogP contribution in [0.15, 0.2) is 53.5 Å². The molecule has 0 heterocycles. The predicted octanol–water partition coefficient (Wildman–Crippen LogP) is 6.35. The van der Waals surface area contributed by atoms with E-state index >= 15 is 0 Å². The lowest BCUT2D eigenvalue weighted by Gasteiger charge is -2.08. The number of hydrogen-bond acceptors (Lipinski definition) is 2. The van der Waals surface area contributed by atoms with Gasteiger partial charge in [0.2, 0.25) is 0 Å². The van der Waals surface area contributed by atoms with E-state index in [-0.39, 0.29) is 0 Å². The summed E-state index contributed by atoms with van der Waals surface area (Å²) in [4.78, 5) is 4.60. The van der Waals surface area contributed by atoms with Gasteiger partial charge in [0.05, 0.1) is 12.3 Å². The number of rotatable bonds is 10. The van der Waals surface area contributed by atoms with Crippen LogP contribution >= 0.6 is 0 Å². The SMILES string of the molecule is CCCCCOc1ccccc1/C=N\c1ccc(CCCC)cc1. The Morgan fingerprint density at radius 1 is 0.875 bits per heavy atom. The molecule has 2 aromatic rings. The van der Waals surface area contributed by atoms with Crippen molar-refractivity contribution in [2.75, 3.05) is 6.61 Å². The topological polar surface area (TPSA) is 21.6 Å². The lowest BCUT2D eigenvalue weighted by Crippen LogP contribution is -1.99. The van der Waals surface area contributed by atoms with Gasteiger partial charge < -0.3 is 4.74 Å². The third kappa shape index (κ3) is 6.19. The summed E-state index contributed by atoms with van der Waals surface area (Å²) in [5.41, 5.74) is 3.40. The molecule has 0 fully saturated rings. The van der Waals surface area contributed by atoms with Crippen LogP contribution in [0.1, 0.15) is 57.1 Å². The number of para-hydroxylation sites is 1. The Labute approximate surface area is 146 Å². The molecule has 0 unspecified atom stereocenters. The molecule has 0 aliphatic rings. The van der Waals surface area contributed by atoms with Gasteiger partial charge in [-0.05, 0) is 49.1 Å². The molecule has 2 nitrogen and oxygen atoms in total. The largest absolute Gasteiger partial charge is 0.493 e. The summed E-state index contributed by atoms with van der Waals surface area (Å²) >= 11 is 0. The van der Waals surface area contributed by atoms with Gasteiger partial charge in [-0.15, -0.1) is 0 Å². The normalized spacial score (nSPS) is 11.1. The molecule has 0 spiro atoms. The minimum Gasteiger partial charge on any atom is -0.493 e. The van der Waals surface area contributed by atoms with Crippen LogP contribution < -0.4 is 4.74 Å². The van der Waals surface area contributed by atoms with Crippen LogP contribution in [0.3, 0.4) is 0 Å². The molecular formula is C22H29NO. The molecule has 0 aromatic heterocycles. The summed E-state index contributed by atoms with van der Waals surface area (Å²) in [6.45, 7) is 5.19. The minimum absolute atomic E-state index is 0.769. The van der Waals surface area contributed by atoms with Crippen molar-refractivity contribution in [3.05, 3.63) is 59.7 Å². The van der Waals surface area contributed by atoms with Crippen molar-refractivity contribution in [2.45, 2.75) is 52.4 Å². The van der Waals surface area contributed by atoms with Crippen molar-refractivity contribution < 1.29 is 4.74 Å². The molecule has 2 aromatic carbocycles. The van der Waals surface area contributed by atoms with Crippen molar-refractivity contribution in [1.82, 2.24) is 0 Å². The molecule has 128 valence electrons. The average Bonchev–Trinajstić information content (AvgIpc) is 2.63. The van der Waals surface area contributed by atoms with Gasteiger partial charge in [-0.1, -0.05) is 57.4 Å². The smallest absolute Gasteiger partial charge is 0.128 e. The summed E-state index contributed by atoms with van der Waals surface area (Å²) in [6, 6.07) is 16.6. The molecule has 0 aliphatic carbocycles. The van der Waals surface area contributed by atoms with Gasteiger partial charge in [0.15, 0.2) is 0 Å². The Morgan fingerprint density at radius 2 is 1.62 bits per heavy atom. The molecule has 0 saturated heterocycles. The Balaban J connectivity index is 1.98. The summed E-state index contributed by atoms with van der Waals surface area (Å²) in [6.07, 6.45) is 9.04. The molecule has 0 radical (unpaired) electrons. The van der Waals surface area contributed by atoms with E-state index in [2.05, 4.69) is 43.1 Å². The average molecular weight is 323 g/mol. The second-order valence-corrected chi connectivity index (χ2v) is 6.12. The summed E-state index contributed by atoms with van der Waals surface area (Å²) in [5, 5.41) is 0. The quantitative estimate of drug-likeness (QED) is 0.369. The van der Waals surface area contributed by atoms with E-state index in [1.807, 2.05) is 30.5 Å². The third-order valence-corrected chi connectivity index (χ3v) is 4.03. The van der Waals surface area contributed by atoms with E-state index in [4.69, 9.17) is 4.74 Å². The highest BCUT2D eigenvalue weighted by molar-refractivity contribution is 5.85. The Kier molecular flexibility index (Phi) is 8.09. The Hall–Kier alpha value is -2.09. The molecule has 2 rings (SSSR count). The highest BCUT2D eigenvalue weighted by atomic mass is 16.5. The number of nitrogens with zero attached hydrogens (tertiary/aromatic N) is 1. The summed E-state index contributed by atoms with van der Waals surface area (Å²) in [5.74, 6) is 0.914. The molecule has 0 bridgehead atoms. The van der Waals surface area contributed by atoms with Crippen LogP contribution in [0.25, 0.3) is 0 Å². The zero-order chi connectivity index (χ0) is 17.0. The fourth-order valence-electron chi connectivity index (χ4n) is 2.53. The summed E-state index contributed by atoms with van der Waals surface area (Å²) < 4.78 is 5.90. The van der Waals surface area contributed by atoms with Crippen molar-refractivity contribution in [3.63, 3.8) is 0 Å². The van der Waals surface area contributed by atoms with Gasteiger partial charge in [0.25, 0.3) is 0 Å². The van der Waals surface area contributed by atoms with Crippen LogP contribution in [0.5, 0.6) is 5.75 Å². The maximum Gasteiger partial charge on any atom is 0.128 e. The van der Waals surface area contributed by atoms with Gasteiger partial charge >= 0.3 is 0 Å². The monoisotopic (exact) mass is 323 g/mol. The van der Waals surface area contributed by atoms with Crippen LogP contribution in [-0.2, 0) is 6.42 Å². The highest BCUT2D eigenvalue weighted by Crippen LogP contribution is 2.19. The van der Waals surface area contributed by atoms with Gasteiger partial charge in [0.1, 0.15) is 5.75 Å². The van der Waals surface area contributed by atoms with Crippen molar-refractivity contribution in [1.29, 1.82) is 0 Å². The number of aliphatic imine (C=N–C) groups is 1. The zero-order valence-corrected chi connectivity index (χ0v) is 15.0. The molecule has 0 amide bonds. The molecule has 0 saturated carbocycles. The number of benzene rings is 2. The Morgan fingerprint density at radius 3 is 2.38 bits per heavy atom. The second kappa shape index (κ2) is 10.6. The van der Waals surface area contributed by atoms with Crippen LogP contribution in [-0.4, -0.2) is 12.8 Å². The Bertz CT molecular complexity index is 616. The molecule has 2 heteroatoms. The first-order chi connectivity index (χ1) is 11.8. The highest BCUT2D eigenvalue weighted by Gasteiger charge is 2.00. The molecular weight excluding hydrogens is 294 g/mol. The fraction of sp³-hybridized carbons (Fsp3) is 0.409. The maximum absolute atomic E-state index is 5.90. The van der Waals surface area contributed by atoms with Crippen LogP contribution in [0.4, 0.5) is 5.69 Å². The van der Waals surface area contributed by atoms with E-state index in [0.717, 1.165) is 36.4 Å². The van der Waals surface area contributed by atoms with Crippen LogP contribution in [0.2, 0.25) is 0 Å². The van der Waals surface area contributed by atoms with Crippen molar-refractivity contribution in [2.24, 2.45) is 4.99 Å². The number of ether oxygens (including phenoxy) is 1. The maximum atomic E-state index is 5.90. The third-order valence-electron chi connectivity index (χ3n) is 4.03. The minimum atomic E-state index is 0.769. The first-order valence-corrected chi connectivity index (χ1v) is 9.18. The lowest BCUT2D eigenvalue weighted by molar-refractivity contribution is 0.306. The molecule has 0 atom stereocenters. The number of hydrogen-bond donors (Lipinski definition) is 0. The predicted molar refractivity (Wildman–Crippen MR) is 104 cm³/mol. The first-order valence-electron chi connectivity index (χ1n) is 9.18. The van der Waals surface area contributed by atoms with Crippen LogP contribution in [0, 0.1) is 0 Å². The number of unbranched alkanes of at least 4 members (excludes halogenated alkanes) is 3. The molecule has 24 heavy (non-hydrogen) atoms. The van der Waals surface area contributed by atoms with Gasteiger partial charge in [0, 0.05) is 11.8 Å². The number of aryl methyl sites for hydroxylation is 1. The van der Waals surface area contributed by atoms with Crippen molar-refractivity contribution >= 4 is 11.9 Å². The lowest BCUT2D eigenvalue weighted by atomic mass is 10.1. The fourth-order valence-corrected chi connectivity index (χ4v) is 2.53. The van der Waals surface area contributed by atoms with Gasteiger partial charge in [-0.3, -0.25) is 4.99 Å². The van der Waals surface area contributed by atoms with E-state index in [9.17, 15) is 0 Å². The standard InChI is InChI=1S/C22H29NO/c1-3-5-9-17-24-22-12-8-7-11-20(22)18-23-21-15-13-19(14-16-21)10-6-4-2/h7-8,11-16,18H,3-6,9-10,17H2,1-2H3/b23-18-. The second-order valence-electron chi connectivity index (χ2n) is 6.12. The summed E-state index contributed by atoms with van der Waals surface area (Å²) in [7, 11) is 0. The zero-order valence-electron chi connectivity index (χ0n) is 15.0. The first kappa shape index (κ1) is 18.3.